The van der Waals surface area contributed by atoms with Crippen molar-refractivity contribution in [2.24, 2.45) is 11.8 Å². The van der Waals surface area contributed by atoms with Gasteiger partial charge in [0, 0.05) is 31.6 Å². The van der Waals surface area contributed by atoms with Crippen LogP contribution < -0.4 is 9.46 Å². The second-order valence-electron chi connectivity index (χ2n) is 5.85. The second-order valence-corrected chi connectivity index (χ2v) is 7.97. The lowest BCUT2D eigenvalue weighted by Crippen LogP contribution is -2.62. The minimum absolute atomic E-state index is 0.0380. The van der Waals surface area contributed by atoms with E-state index < -0.39 is 10.0 Å². The quantitative estimate of drug-likeness (QED) is 0.834. The SMILES string of the molecule is COCC1C(NS(=O)(=O)c2ccc(OC)c(Cl)c2)C2CCOC21. The molecule has 3 rings (SSSR count). The van der Waals surface area contributed by atoms with E-state index in [2.05, 4.69) is 4.72 Å². The highest BCUT2D eigenvalue weighted by Gasteiger charge is 2.54. The molecule has 23 heavy (non-hydrogen) atoms. The minimum Gasteiger partial charge on any atom is -0.495 e. The highest BCUT2D eigenvalue weighted by molar-refractivity contribution is 7.89. The number of halogens is 1. The molecule has 0 radical (unpaired) electrons. The highest BCUT2D eigenvalue weighted by Crippen LogP contribution is 2.44. The molecule has 1 aliphatic heterocycles. The molecular formula is C15H20ClNO5S. The molecule has 1 aliphatic carbocycles. The van der Waals surface area contributed by atoms with Crippen molar-refractivity contribution in [3.05, 3.63) is 23.2 Å². The van der Waals surface area contributed by atoms with Gasteiger partial charge in [0.05, 0.1) is 29.7 Å². The van der Waals surface area contributed by atoms with Gasteiger partial charge in [-0.05, 0) is 24.6 Å². The van der Waals surface area contributed by atoms with Gasteiger partial charge in [-0.3, -0.25) is 0 Å². The zero-order valence-electron chi connectivity index (χ0n) is 13.0. The van der Waals surface area contributed by atoms with Gasteiger partial charge in [0.1, 0.15) is 5.75 Å². The number of sulfonamides is 1. The topological polar surface area (TPSA) is 73.9 Å². The molecule has 2 aliphatic rings. The molecule has 0 aromatic heterocycles. The lowest BCUT2D eigenvalue weighted by molar-refractivity contribution is -0.0775. The molecule has 1 saturated heterocycles. The summed E-state index contributed by atoms with van der Waals surface area (Å²) in [5.41, 5.74) is 0. The van der Waals surface area contributed by atoms with E-state index >= 15 is 0 Å². The zero-order chi connectivity index (χ0) is 16.6. The van der Waals surface area contributed by atoms with Crippen LogP contribution in [0.3, 0.4) is 0 Å². The molecule has 4 unspecified atom stereocenters. The van der Waals surface area contributed by atoms with Crippen molar-refractivity contribution in [3.8, 4) is 5.75 Å². The number of hydrogen-bond donors (Lipinski definition) is 1. The van der Waals surface area contributed by atoms with E-state index in [1.54, 1.807) is 13.2 Å². The summed E-state index contributed by atoms with van der Waals surface area (Å²) in [4.78, 5) is 0.127. The Bertz CT molecular complexity index is 680. The van der Waals surface area contributed by atoms with Gasteiger partial charge in [-0.2, -0.15) is 0 Å². The normalized spacial score (nSPS) is 29.9. The van der Waals surface area contributed by atoms with Crippen LogP contribution in [0.1, 0.15) is 6.42 Å². The molecule has 6 nitrogen and oxygen atoms in total. The van der Waals surface area contributed by atoms with Crippen LogP contribution in [0.5, 0.6) is 5.75 Å². The van der Waals surface area contributed by atoms with Crippen molar-refractivity contribution in [1.82, 2.24) is 4.72 Å². The Balaban J connectivity index is 1.79. The van der Waals surface area contributed by atoms with Crippen LogP contribution >= 0.6 is 11.6 Å². The van der Waals surface area contributed by atoms with Gasteiger partial charge < -0.3 is 14.2 Å². The Morgan fingerprint density at radius 2 is 2.17 bits per heavy atom. The van der Waals surface area contributed by atoms with Crippen molar-refractivity contribution in [3.63, 3.8) is 0 Å². The number of nitrogens with one attached hydrogen (secondary N) is 1. The Hall–Kier alpha value is -0.860. The number of methoxy groups -OCH3 is 2. The van der Waals surface area contributed by atoms with E-state index in [1.807, 2.05) is 0 Å². The largest absolute Gasteiger partial charge is 0.495 e. The number of hydrogen-bond acceptors (Lipinski definition) is 5. The monoisotopic (exact) mass is 361 g/mol. The molecule has 8 heteroatoms. The number of ether oxygens (including phenoxy) is 3. The minimum atomic E-state index is -3.66. The molecular weight excluding hydrogens is 342 g/mol. The van der Waals surface area contributed by atoms with Gasteiger partial charge in [-0.1, -0.05) is 11.6 Å². The third-order valence-electron chi connectivity index (χ3n) is 4.61. The first kappa shape index (κ1) is 17.0. The van der Waals surface area contributed by atoms with E-state index in [0.29, 0.717) is 19.0 Å². The number of rotatable bonds is 6. The van der Waals surface area contributed by atoms with Gasteiger partial charge in [-0.15, -0.1) is 0 Å². The average molecular weight is 362 g/mol. The van der Waals surface area contributed by atoms with Crippen molar-refractivity contribution < 1.29 is 22.6 Å². The van der Waals surface area contributed by atoms with Crippen LogP contribution in [0, 0.1) is 11.8 Å². The molecule has 1 N–H and O–H groups in total. The Labute approximate surface area is 141 Å². The first-order chi connectivity index (χ1) is 11.0. The van der Waals surface area contributed by atoms with E-state index in [1.165, 1.54) is 19.2 Å². The summed E-state index contributed by atoms with van der Waals surface area (Å²) in [5.74, 6) is 0.686. The molecule has 1 aromatic rings. The predicted molar refractivity (Wildman–Crippen MR) is 85.3 cm³/mol. The van der Waals surface area contributed by atoms with Crippen LogP contribution in [0.25, 0.3) is 0 Å². The maximum Gasteiger partial charge on any atom is 0.240 e. The third-order valence-corrected chi connectivity index (χ3v) is 6.36. The van der Waals surface area contributed by atoms with Crippen LogP contribution in [-0.2, 0) is 19.5 Å². The maximum absolute atomic E-state index is 12.6. The molecule has 128 valence electrons. The van der Waals surface area contributed by atoms with Crippen molar-refractivity contribution in [1.29, 1.82) is 0 Å². The molecule has 0 bridgehead atoms. The summed E-state index contributed by atoms with van der Waals surface area (Å²) in [6, 6.07) is 4.26. The van der Waals surface area contributed by atoms with E-state index in [0.717, 1.165) is 6.42 Å². The lowest BCUT2D eigenvalue weighted by atomic mass is 9.68. The fourth-order valence-corrected chi connectivity index (χ4v) is 5.14. The Morgan fingerprint density at radius 1 is 1.39 bits per heavy atom. The van der Waals surface area contributed by atoms with Crippen LogP contribution in [0.4, 0.5) is 0 Å². The first-order valence-electron chi connectivity index (χ1n) is 7.44. The summed E-state index contributed by atoms with van der Waals surface area (Å²) in [5, 5.41) is 0.263. The van der Waals surface area contributed by atoms with Gasteiger partial charge in [0.25, 0.3) is 0 Å². The molecule has 1 heterocycles. The first-order valence-corrected chi connectivity index (χ1v) is 9.30. The zero-order valence-corrected chi connectivity index (χ0v) is 14.6. The number of fused-ring (bicyclic) bond motifs is 1. The third kappa shape index (κ3) is 3.08. The smallest absolute Gasteiger partial charge is 0.240 e. The Kier molecular flexibility index (Phi) is 4.85. The highest BCUT2D eigenvalue weighted by atomic mass is 35.5. The predicted octanol–water partition coefficient (Wildman–Crippen LogP) is 1.68. The average Bonchev–Trinajstić information content (AvgIpc) is 2.95. The van der Waals surface area contributed by atoms with Crippen LogP contribution in [-0.4, -0.2) is 48.0 Å². The molecule has 2 fully saturated rings. The summed E-state index contributed by atoms with van der Waals surface area (Å²) in [6.45, 7) is 1.14. The Morgan fingerprint density at radius 3 is 2.83 bits per heavy atom. The summed E-state index contributed by atoms with van der Waals surface area (Å²) in [6.07, 6.45) is 0.948. The van der Waals surface area contributed by atoms with E-state index in [9.17, 15) is 8.42 Å². The molecule has 4 atom stereocenters. The number of benzene rings is 1. The fourth-order valence-electron chi connectivity index (χ4n) is 3.46. The van der Waals surface area contributed by atoms with Crippen LogP contribution in [0.15, 0.2) is 23.1 Å². The van der Waals surface area contributed by atoms with Gasteiger partial charge in [0.15, 0.2) is 0 Å². The fraction of sp³-hybridized carbons (Fsp3) is 0.600. The second kappa shape index (κ2) is 6.57. The molecule has 1 aromatic carbocycles. The van der Waals surface area contributed by atoms with Crippen LogP contribution in [0.2, 0.25) is 5.02 Å². The van der Waals surface area contributed by atoms with Gasteiger partial charge in [0.2, 0.25) is 10.0 Å². The molecule has 0 spiro atoms. The summed E-state index contributed by atoms with van der Waals surface area (Å²) in [7, 11) is -0.567. The summed E-state index contributed by atoms with van der Waals surface area (Å²) >= 11 is 6.03. The van der Waals surface area contributed by atoms with Crippen molar-refractivity contribution in [2.75, 3.05) is 27.4 Å². The lowest BCUT2D eigenvalue weighted by Gasteiger charge is -2.47. The standard InChI is InChI=1S/C15H20ClNO5S/c1-20-8-11-14(10-5-6-22-15(10)11)17-23(18,19)9-3-4-13(21-2)12(16)7-9/h3-4,7,10-11,14-15,17H,5-6,8H2,1-2H3. The maximum atomic E-state index is 12.6. The van der Waals surface area contributed by atoms with E-state index in [4.69, 9.17) is 25.8 Å². The van der Waals surface area contributed by atoms with E-state index in [-0.39, 0.29) is 33.9 Å². The van der Waals surface area contributed by atoms with Gasteiger partial charge in [-0.25, -0.2) is 13.1 Å². The van der Waals surface area contributed by atoms with Gasteiger partial charge >= 0.3 is 0 Å². The van der Waals surface area contributed by atoms with Crippen molar-refractivity contribution >= 4 is 21.6 Å². The molecule has 0 amide bonds. The summed E-state index contributed by atoms with van der Waals surface area (Å²) < 4.78 is 44.0. The van der Waals surface area contributed by atoms with Crippen molar-refractivity contribution in [2.45, 2.75) is 23.5 Å². The molecule has 1 saturated carbocycles.